The van der Waals surface area contributed by atoms with Gasteiger partial charge in [0.1, 0.15) is 11.6 Å². The molecule has 0 fully saturated rings. The Labute approximate surface area is 152 Å². The third kappa shape index (κ3) is 5.81. The summed E-state index contributed by atoms with van der Waals surface area (Å²) in [5.74, 6) is -1.22. The van der Waals surface area contributed by atoms with Gasteiger partial charge in [0.25, 0.3) is 0 Å². The van der Waals surface area contributed by atoms with Gasteiger partial charge in [0.05, 0.1) is 12.6 Å². The topological polar surface area (TPSA) is 41.6 Å². The molecular formula is C20H24F2N2O2. The molecule has 2 aromatic rings. The fourth-order valence-electron chi connectivity index (χ4n) is 2.71. The van der Waals surface area contributed by atoms with Gasteiger partial charge >= 0.3 is 6.03 Å². The lowest BCUT2D eigenvalue weighted by atomic mass is 10.1. The predicted molar refractivity (Wildman–Crippen MR) is 97.0 cm³/mol. The molecule has 26 heavy (non-hydrogen) atoms. The Kier molecular flexibility index (Phi) is 7.53. The molecule has 140 valence electrons. The monoisotopic (exact) mass is 362 g/mol. The number of nitrogens with one attached hydrogen (secondary N) is 1. The zero-order valence-corrected chi connectivity index (χ0v) is 15.0. The van der Waals surface area contributed by atoms with Crippen molar-refractivity contribution in [3.05, 3.63) is 71.3 Å². The van der Waals surface area contributed by atoms with Gasteiger partial charge in [0.2, 0.25) is 0 Å². The summed E-state index contributed by atoms with van der Waals surface area (Å²) < 4.78 is 31.8. The number of benzene rings is 2. The van der Waals surface area contributed by atoms with Gasteiger partial charge in [-0.1, -0.05) is 36.4 Å². The molecule has 1 atom stereocenters. The molecule has 0 spiro atoms. The van der Waals surface area contributed by atoms with E-state index in [1.165, 1.54) is 12.1 Å². The SMILES string of the molecule is COCC(Cc1ccccc1)N(C)C(=O)NCCc1ccc(F)cc1F. The summed E-state index contributed by atoms with van der Waals surface area (Å²) in [7, 11) is 3.31. The molecule has 0 radical (unpaired) electrons. The Morgan fingerprint density at radius 1 is 1.19 bits per heavy atom. The van der Waals surface area contributed by atoms with E-state index in [-0.39, 0.29) is 18.6 Å². The zero-order valence-electron chi connectivity index (χ0n) is 15.0. The number of amides is 2. The number of methoxy groups -OCH3 is 1. The van der Waals surface area contributed by atoms with Crippen LogP contribution in [0.15, 0.2) is 48.5 Å². The van der Waals surface area contributed by atoms with Crippen molar-refractivity contribution in [2.24, 2.45) is 0 Å². The van der Waals surface area contributed by atoms with Crippen LogP contribution in [0.25, 0.3) is 0 Å². The van der Waals surface area contributed by atoms with E-state index in [0.29, 0.717) is 25.0 Å². The molecule has 0 aliphatic heterocycles. The van der Waals surface area contributed by atoms with Gasteiger partial charge in [-0.3, -0.25) is 0 Å². The van der Waals surface area contributed by atoms with Crippen molar-refractivity contribution in [1.82, 2.24) is 10.2 Å². The molecule has 0 saturated heterocycles. The Morgan fingerprint density at radius 2 is 1.92 bits per heavy atom. The minimum absolute atomic E-state index is 0.120. The minimum atomic E-state index is -0.613. The molecule has 0 aliphatic rings. The third-order valence-electron chi connectivity index (χ3n) is 4.23. The van der Waals surface area contributed by atoms with Crippen LogP contribution in [0.4, 0.5) is 13.6 Å². The van der Waals surface area contributed by atoms with Crippen molar-refractivity contribution in [3.63, 3.8) is 0 Å². The lowest BCUT2D eigenvalue weighted by Gasteiger charge is -2.28. The summed E-state index contributed by atoms with van der Waals surface area (Å²) in [4.78, 5) is 14.0. The lowest BCUT2D eigenvalue weighted by Crippen LogP contribution is -2.47. The number of halogens is 2. The summed E-state index contributed by atoms with van der Waals surface area (Å²) in [6, 6.07) is 12.9. The first-order chi connectivity index (χ1) is 12.5. The predicted octanol–water partition coefficient (Wildman–Crippen LogP) is 3.41. The maximum atomic E-state index is 13.6. The highest BCUT2D eigenvalue weighted by molar-refractivity contribution is 5.74. The van der Waals surface area contributed by atoms with Gasteiger partial charge in [0, 0.05) is 26.8 Å². The number of nitrogens with zero attached hydrogens (tertiary/aromatic N) is 1. The summed E-state index contributed by atoms with van der Waals surface area (Å²) in [6.45, 7) is 0.669. The van der Waals surface area contributed by atoms with Crippen LogP contribution in [0, 0.1) is 11.6 Å². The van der Waals surface area contributed by atoms with Gasteiger partial charge in [-0.25, -0.2) is 13.6 Å². The van der Waals surface area contributed by atoms with Gasteiger partial charge < -0.3 is 15.0 Å². The van der Waals surface area contributed by atoms with E-state index in [4.69, 9.17) is 4.74 Å². The average Bonchev–Trinajstić information content (AvgIpc) is 2.63. The van der Waals surface area contributed by atoms with E-state index in [0.717, 1.165) is 11.6 Å². The highest BCUT2D eigenvalue weighted by Gasteiger charge is 2.20. The number of carbonyl (C=O) groups is 1. The number of hydrogen-bond donors (Lipinski definition) is 1. The quantitative estimate of drug-likeness (QED) is 0.782. The summed E-state index contributed by atoms with van der Waals surface area (Å²) in [5, 5.41) is 2.77. The molecule has 2 amide bonds. The summed E-state index contributed by atoms with van der Waals surface area (Å²) >= 11 is 0. The number of carbonyl (C=O) groups excluding carboxylic acids is 1. The average molecular weight is 362 g/mol. The molecule has 1 N–H and O–H groups in total. The molecule has 6 heteroatoms. The highest BCUT2D eigenvalue weighted by atomic mass is 19.1. The zero-order chi connectivity index (χ0) is 18.9. The van der Waals surface area contributed by atoms with Crippen molar-refractivity contribution >= 4 is 6.03 Å². The molecule has 0 bridgehead atoms. The summed E-state index contributed by atoms with van der Waals surface area (Å²) in [5.41, 5.74) is 1.48. The van der Waals surface area contributed by atoms with Crippen LogP contribution in [0.2, 0.25) is 0 Å². The Bertz CT molecular complexity index is 710. The fourth-order valence-corrected chi connectivity index (χ4v) is 2.71. The van der Waals surface area contributed by atoms with E-state index in [1.54, 1.807) is 19.1 Å². The van der Waals surface area contributed by atoms with Crippen LogP contribution < -0.4 is 5.32 Å². The minimum Gasteiger partial charge on any atom is -0.383 e. The Hall–Kier alpha value is -2.47. The van der Waals surface area contributed by atoms with Crippen molar-refractivity contribution in [2.75, 3.05) is 27.3 Å². The molecule has 2 rings (SSSR count). The summed E-state index contributed by atoms with van der Waals surface area (Å²) in [6.07, 6.45) is 0.963. The lowest BCUT2D eigenvalue weighted by molar-refractivity contribution is 0.115. The molecule has 2 aromatic carbocycles. The molecule has 4 nitrogen and oxygen atoms in total. The number of urea groups is 1. The normalized spacial score (nSPS) is 11.8. The van der Waals surface area contributed by atoms with E-state index < -0.39 is 11.6 Å². The molecule has 0 heterocycles. The van der Waals surface area contributed by atoms with Crippen molar-refractivity contribution < 1.29 is 18.3 Å². The van der Waals surface area contributed by atoms with Crippen LogP contribution in [0.1, 0.15) is 11.1 Å². The maximum absolute atomic E-state index is 13.6. The second-order valence-corrected chi connectivity index (χ2v) is 6.13. The van der Waals surface area contributed by atoms with Crippen LogP contribution in [-0.4, -0.2) is 44.3 Å². The van der Waals surface area contributed by atoms with Crippen LogP contribution in [0.5, 0.6) is 0 Å². The molecule has 1 unspecified atom stereocenters. The van der Waals surface area contributed by atoms with Gasteiger partial charge in [-0.05, 0) is 30.0 Å². The first kappa shape index (κ1) is 19.8. The van der Waals surface area contributed by atoms with E-state index >= 15 is 0 Å². The number of ether oxygens (including phenoxy) is 1. The van der Waals surface area contributed by atoms with E-state index in [9.17, 15) is 13.6 Å². The Morgan fingerprint density at radius 3 is 2.58 bits per heavy atom. The first-order valence-corrected chi connectivity index (χ1v) is 8.48. The van der Waals surface area contributed by atoms with Crippen LogP contribution in [-0.2, 0) is 17.6 Å². The first-order valence-electron chi connectivity index (χ1n) is 8.48. The van der Waals surface area contributed by atoms with Gasteiger partial charge in [-0.2, -0.15) is 0 Å². The van der Waals surface area contributed by atoms with Crippen LogP contribution in [0.3, 0.4) is 0 Å². The largest absolute Gasteiger partial charge is 0.383 e. The third-order valence-corrected chi connectivity index (χ3v) is 4.23. The molecule has 0 aliphatic carbocycles. The number of likely N-dealkylation sites (N-methyl/N-ethyl adjacent to an activating group) is 1. The van der Waals surface area contributed by atoms with Crippen molar-refractivity contribution in [1.29, 1.82) is 0 Å². The molecule has 0 aromatic heterocycles. The molecular weight excluding hydrogens is 338 g/mol. The van der Waals surface area contributed by atoms with E-state index in [2.05, 4.69) is 5.32 Å². The maximum Gasteiger partial charge on any atom is 0.317 e. The van der Waals surface area contributed by atoms with Crippen molar-refractivity contribution in [3.8, 4) is 0 Å². The van der Waals surface area contributed by atoms with Gasteiger partial charge in [-0.15, -0.1) is 0 Å². The number of hydrogen-bond acceptors (Lipinski definition) is 2. The number of rotatable bonds is 8. The Balaban J connectivity index is 1.89. The molecule has 0 saturated carbocycles. The standard InChI is InChI=1S/C20H24F2N2O2/c1-24(18(14-26-2)12-15-6-4-3-5-7-15)20(25)23-11-10-16-8-9-17(21)13-19(16)22/h3-9,13,18H,10-12,14H2,1-2H3,(H,23,25). The fraction of sp³-hybridized carbons (Fsp3) is 0.350. The van der Waals surface area contributed by atoms with E-state index in [1.807, 2.05) is 30.3 Å². The smallest absolute Gasteiger partial charge is 0.317 e. The second kappa shape index (κ2) is 9.87. The highest BCUT2D eigenvalue weighted by Crippen LogP contribution is 2.11. The second-order valence-electron chi connectivity index (χ2n) is 6.13. The van der Waals surface area contributed by atoms with Crippen LogP contribution >= 0.6 is 0 Å². The van der Waals surface area contributed by atoms with Crippen molar-refractivity contribution in [2.45, 2.75) is 18.9 Å². The van der Waals surface area contributed by atoms with Gasteiger partial charge in [0.15, 0.2) is 0 Å².